The molecule has 4 nitrogen and oxygen atoms in total. The maximum atomic E-state index is 13.2. The molecule has 0 aliphatic carbocycles. The van der Waals surface area contributed by atoms with Crippen LogP contribution in [0.15, 0.2) is 40.9 Å². The Hall–Kier alpha value is -2.08. The van der Waals surface area contributed by atoms with E-state index in [1.165, 1.54) is 12.1 Å². The Kier molecular flexibility index (Phi) is 3.79. The highest BCUT2D eigenvalue weighted by Gasteiger charge is 2.15. The van der Waals surface area contributed by atoms with Crippen LogP contribution in [-0.4, -0.2) is 12.5 Å². The standard InChI is InChI=1S/C15H12BrFN2O2/c16-12-3-1-10(17)5-9(12)7-18-11-2-4-14-13(6-11)19-15(20)8-21-14/h1-6,18H,7-8H2,(H,19,20). The van der Waals surface area contributed by atoms with E-state index < -0.39 is 0 Å². The second-order valence-electron chi connectivity index (χ2n) is 4.64. The van der Waals surface area contributed by atoms with Gasteiger partial charge in [-0.05, 0) is 42.0 Å². The van der Waals surface area contributed by atoms with Crippen molar-refractivity contribution in [1.82, 2.24) is 0 Å². The molecular weight excluding hydrogens is 339 g/mol. The third-order valence-electron chi connectivity index (χ3n) is 3.10. The van der Waals surface area contributed by atoms with Crippen LogP contribution in [0.5, 0.6) is 5.75 Å². The highest BCUT2D eigenvalue weighted by molar-refractivity contribution is 9.10. The molecule has 21 heavy (non-hydrogen) atoms. The molecule has 0 radical (unpaired) electrons. The second kappa shape index (κ2) is 5.73. The molecule has 108 valence electrons. The average Bonchev–Trinajstić information content (AvgIpc) is 2.47. The first-order valence-electron chi connectivity index (χ1n) is 6.36. The Bertz CT molecular complexity index is 706. The topological polar surface area (TPSA) is 50.4 Å². The third-order valence-corrected chi connectivity index (χ3v) is 3.88. The molecule has 1 aliphatic rings. The van der Waals surface area contributed by atoms with Gasteiger partial charge in [0.15, 0.2) is 6.61 Å². The fourth-order valence-electron chi connectivity index (χ4n) is 2.07. The van der Waals surface area contributed by atoms with Gasteiger partial charge in [-0.1, -0.05) is 15.9 Å². The highest BCUT2D eigenvalue weighted by atomic mass is 79.9. The van der Waals surface area contributed by atoms with Crippen LogP contribution < -0.4 is 15.4 Å². The van der Waals surface area contributed by atoms with Crippen molar-refractivity contribution >= 4 is 33.2 Å². The molecule has 0 fully saturated rings. The minimum Gasteiger partial charge on any atom is -0.482 e. The zero-order valence-corrected chi connectivity index (χ0v) is 12.5. The van der Waals surface area contributed by atoms with Gasteiger partial charge in [-0.2, -0.15) is 0 Å². The number of halogens is 2. The summed E-state index contributed by atoms with van der Waals surface area (Å²) in [5, 5.41) is 5.94. The molecule has 1 heterocycles. The van der Waals surface area contributed by atoms with Crippen LogP contribution in [0.1, 0.15) is 5.56 Å². The van der Waals surface area contributed by atoms with Gasteiger partial charge in [0.25, 0.3) is 5.91 Å². The summed E-state index contributed by atoms with van der Waals surface area (Å²) in [4.78, 5) is 11.3. The Balaban J connectivity index is 1.75. The number of benzene rings is 2. The van der Waals surface area contributed by atoms with Gasteiger partial charge in [-0.15, -0.1) is 0 Å². The van der Waals surface area contributed by atoms with Crippen LogP contribution in [0.25, 0.3) is 0 Å². The van der Waals surface area contributed by atoms with E-state index in [4.69, 9.17) is 4.74 Å². The molecular formula is C15H12BrFN2O2. The quantitative estimate of drug-likeness (QED) is 0.890. The number of hydrogen-bond acceptors (Lipinski definition) is 3. The van der Waals surface area contributed by atoms with Gasteiger partial charge in [0.1, 0.15) is 11.6 Å². The van der Waals surface area contributed by atoms with E-state index in [0.717, 1.165) is 15.7 Å². The van der Waals surface area contributed by atoms with E-state index in [1.807, 2.05) is 6.07 Å². The van der Waals surface area contributed by atoms with Crippen molar-refractivity contribution in [2.24, 2.45) is 0 Å². The molecule has 2 N–H and O–H groups in total. The van der Waals surface area contributed by atoms with Crippen molar-refractivity contribution < 1.29 is 13.9 Å². The molecule has 2 aromatic rings. The van der Waals surface area contributed by atoms with Gasteiger partial charge in [0.2, 0.25) is 0 Å². The number of rotatable bonds is 3. The largest absolute Gasteiger partial charge is 0.482 e. The van der Waals surface area contributed by atoms with Gasteiger partial charge in [-0.25, -0.2) is 4.39 Å². The molecule has 1 aliphatic heterocycles. The Morgan fingerprint density at radius 2 is 2.14 bits per heavy atom. The lowest BCUT2D eigenvalue weighted by atomic mass is 10.2. The van der Waals surface area contributed by atoms with Crippen LogP contribution in [0, 0.1) is 5.82 Å². The van der Waals surface area contributed by atoms with Crippen molar-refractivity contribution in [3.05, 3.63) is 52.3 Å². The Labute approximate surface area is 129 Å². The molecule has 2 aromatic carbocycles. The molecule has 0 bridgehead atoms. The number of nitrogens with one attached hydrogen (secondary N) is 2. The summed E-state index contributed by atoms with van der Waals surface area (Å²) in [6.45, 7) is 0.502. The van der Waals surface area contributed by atoms with Crippen LogP contribution in [0.2, 0.25) is 0 Å². The molecule has 0 spiro atoms. The van der Waals surface area contributed by atoms with Gasteiger partial charge < -0.3 is 15.4 Å². The van der Waals surface area contributed by atoms with Crippen LogP contribution >= 0.6 is 15.9 Å². The van der Waals surface area contributed by atoms with Crippen molar-refractivity contribution in [2.75, 3.05) is 17.2 Å². The summed E-state index contributed by atoms with van der Waals surface area (Å²) >= 11 is 3.39. The molecule has 6 heteroatoms. The molecule has 0 saturated carbocycles. The predicted molar refractivity (Wildman–Crippen MR) is 82.0 cm³/mol. The van der Waals surface area contributed by atoms with Gasteiger partial charge >= 0.3 is 0 Å². The van der Waals surface area contributed by atoms with Crippen molar-refractivity contribution in [3.63, 3.8) is 0 Å². The number of fused-ring (bicyclic) bond motifs is 1. The van der Waals surface area contributed by atoms with E-state index in [1.54, 1.807) is 18.2 Å². The lowest BCUT2D eigenvalue weighted by molar-refractivity contribution is -0.118. The van der Waals surface area contributed by atoms with E-state index in [2.05, 4.69) is 26.6 Å². The first-order chi connectivity index (χ1) is 10.1. The highest BCUT2D eigenvalue weighted by Crippen LogP contribution is 2.30. The van der Waals surface area contributed by atoms with Crippen molar-refractivity contribution in [2.45, 2.75) is 6.54 Å². The minimum absolute atomic E-state index is 0.0377. The van der Waals surface area contributed by atoms with Gasteiger partial charge in [0.05, 0.1) is 5.69 Å². The zero-order valence-electron chi connectivity index (χ0n) is 11.0. The Morgan fingerprint density at radius 1 is 1.29 bits per heavy atom. The summed E-state index contributed by atoms with van der Waals surface area (Å²) in [5.74, 6) is 0.195. The summed E-state index contributed by atoms with van der Waals surface area (Å²) < 4.78 is 19.4. The first kappa shape index (κ1) is 13.9. The van der Waals surface area contributed by atoms with E-state index >= 15 is 0 Å². The second-order valence-corrected chi connectivity index (χ2v) is 5.49. The number of carbonyl (C=O) groups is 1. The van der Waals surface area contributed by atoms with E-state index in [-0.39, 0.29) is 18.3 Å². The molecule has 0 saturated heterocycles. The fraction of sp³-hybridized carbons (Fsp3) is 0.133. The van der Waals surface area contributed by atoms with Gasteiger partial charge in [-0.3, -0.25) is 4.79 Å². The smallest absolute Gasteiger partial charge is 0.262 e. The van der Waals surface area contributed by atoms with E-state index in [0.29, 0.717) is 18.0 Å². The summed E-state index contributed by atoms with van der Waals surface area (Å²) in [6, 6.07) is 9.98. The minimum atomic E-state index is -0.277. The molecule has 0 aromatic heterocycles. The lowest BCUT2D eigenvalue weighted by Gasteiger charge is -2.19. The van der Waals surface area contributed by atoms with Gasteiger partial charge in [0, 0.05) is 16.7 Å². The summed E-state index contributed by atoms with van der Waals surface area (Å²) in [7, 11) is 0. The normalized spacial score (nSPS) is 13.1. The molecule has 0 atom stereocenters. The number of ether oxygens (including phenoxy) is 1. The summed E-state index contributed by atoms with van der Waals surface area (Å²) in [6.07, 6.45) is 0. The first-order valence-corrected chi connectivity index (χ1v) is 7.15. The Morgan fingerprint density at radius 3 is 3.00 bits per heavy atom. The van der Waals surface area contributed by atoms with Crippen LogP contribution in [-0.2, 0) is 11.3 Å². The number of carbonyl (C=O) groups excluding carboxylic acids is 1. The maximum Gasteiger partial charge on any atom is 0.262 e. The fourth-order valence-corrected chi connectivity index (χ4v) is 2.46. The summed E-state index contributed by atoms with van der Waals surface area (Å²) in [5.41, 5.74) is 2.26. The number of hydrogen-bond donors (Lipinski definition) is 2. The number of amides is 1. The van der Waals surface area contributed by atoms with Crippen molar-refractivity contribution in [1.29, 1.82) is 0 Å². The van der Waals surface area contributed by atoms with Crippen molar-refractivity contribution in [3.8, 4) is 5.75 Å². The van der Waals surface area contributed by atoms with E-state index in [9.17, 15) is 9.18 Å². The number of anilines is 2. The average molecular weight is 351 g/mol. The maximum absolute atomic E-state index is 13.2. The lowest BCUT2D eigenvalue weighted by Crippen LogP contribution is -2.25. The SMILES string of the molecule is O=C1COc2ccc(NCc3cc(F)ccc3Br)cc2N1. The molecule has 1 amide bonds. The predicted octanol–water partition coefficient (Wildman–Crippen LogP) is 3.53. The molecule has 3 rings (SSSR count). The van der Waals surface area contributed by atoms with Crippen LogP contribution in [0.3, 0.4) is 0 Å². The third kappa shape index (κ3) is 3.16. The van der Waals surface area contributed by atoms with Crippen LogP contribution in [0.4, 0.5) is 15.8 Å². The molecule has 0 unspecified atom stereocenters. The monoisotopic (exact) mass is 350 g/mol. The zero-order chi connectivity index (χ0) is 14.8.